The summed E-state index contributed by atoms with van der Waals surface area (Å²) in [4.78, 5) is 24.6. The zero-order chi connectivity index (χ0) is 15.9. The van der Waals surface area contributed by atoms with E-state index in [-0.39, 0.29) is 11.8 Å². The lowest BCUT2D eigenvalue weighted by molar-refractivity contribution is -0.120. The minimum absolute atomic E-state index is 0.0637. The lowest BCUT2D eigenvalue weighted by Gasteiger charge is -2.07. The second-order valence-electron chi connectivity index (χ2n) is 4.49. The number of thiophene rings is 1. The summed E-state index contributed by atoms with van der Waals surface area (Å²) in [5.74, 6) is -0.322. The van der Waals surface area contributed by atoms with E-state index in [2.05, 4.69) is 10.6 Å². The molecule has 22 heavy (non-hydrogen) atoms. The molecule has 0 saturated carbocycles. The van der Waals surface area contributed by atoms with Gasteiger partial charge in [0.15, 0.2) is 0 Å². The lowest BCUT2D eigenvalue weighted by Crippen LogP contribution is -2.35. The number of hydrogen-bond donors (Lipinski definition) is 2. The van der Waals surface area contributed by atoms with Crippen LogP contribution in [0.5, 0.6) is 0 Å². The van der Waals surface area contributed by atoms with E-state index >= 15 is 0 Å². The molecule has 4 nitrogen and oxygen atoms in total. The van der Waals surface area contributed by atoms with Gasteiger partial charge in [0.1, 0.15) is 0 Å². The molecule has 0 unspecified atom stereocenters. The molecule has 0 aliphatic carbocycles. The van der Waals surface area contributed by atoms with Gasteiger partial charge in [-0.3, -0.25) is 9.59 Å². The molecule has 0 fully saturated rings. The van der Waals surface area contributed by atoms with Gasteiger partial charge in [0.25, 0.3) is 5.91 Å². The Morgan fingerprint density at radius 3 is 2.50 bits per heavy atom. The van der Waals surface area contributed by atoms with Crippen molar-refractivity contribution in [3.63, 3.8) is 0 Å². The molecule has 2 aromatic rings. The Bertz CT molecular complexity index is 660. The molecule has 0 bridgehead atoms. The first kappa shape index (κ1) is 16.8. The van der Waals surface area contributed by atoms with Crippen molar-refractivity contribution in [2.75, 3.05) is 13.1 Å². The van der Waals surface area contributed by atoms with Crippen LogP contribution >= 0.6 is 34.5 Å². The number of benzene rings is 1. The summed E-state index contributed by atoms with van der Waals surface area (Å²) in [5, 5.41) is 8.13. The highest BCUT2D eigenvalue weighted by Gasteiger charge is 2.08. The Morgan fingerprint density at radius 2 is 1.82 bits per heavy atom. The van der Waals surface area contributed by atoms with Crippen LogP contribution in [0.2, 0.25) is 10.0 Å². The van der Waals surface area contributed by atoms with Crippen LogP contribution in [0.3, 0.4) is 0 Å². The van der Waals surface area contributed by atoms with Crippen molar-refractivity contribution in [3.8, 4) is 0 Å². The van der Waals surface area contributed by atoms with Gasteiger partial charge in [-0.15, -0.1) is 11.3 Å². The monoisotopic (exact) mass is 356 g/mol. The van der Waals surface area contributed by atoms with Gasteiger partial charge in [-0.1, -0.05) is 29.3 Å². The largest absolute Gasteiger partial charge is 0.354 e. The van der Waals surface area contributed by atoms with Crippen molar-refractivity contribution in [2.45, 2.75) is 6.42 Å². The van der Waals surface area contributed by atoms with Crippen LogP contribution in [0.25, 0.3) is 0 Å². The molecule has 2 rings (SSSR count). The molecular formula is C15H14Cl2N2O2S. The van der Waals surface area contributed by atoms with Crippen LogP contribution in [-0.4, -0.2) is 24.9 Å². The molecule has 2 amide bonds. The standard InChI is InChI=1S/C15H14Cl2N2O2S/c16-12-4-3-10(8-13(12)17)15(21)19-6-5-18-14(20)9-11-2-1-7-22-11/h1-4,7-8H,5-6,9H2,(H,18,20)(H,19,21). The van der Waals surface area contributed by atoms with E-state index in [1.807, 2.05) is 17.5 Å². The average molecular weight is 357 g/mol. The van der Waals surface area contributed by atoms with Crippen molar-refractivity contribution in [2.24, 2.45) is 0 Å². The van der Waals surface area contributed by atoms with Crippen molar-refractivity contribution in [1.29, 1.82) is 0 Å². The SMILES string of the molecule is O=C(Cc1cccs1)NCCNC(=O)c1ccc(Cl)c(Cl)c1. The molecule has 7 heteroatoms. The molecule has 1 aromatic heterocycles. The Kier molecular flexibility index (Phi) is 6.24. The Labute approximate surface area is 142 Å². The first-order valence-electron chi connectivity index (χ1n) is 6.58. The zero-order valence-electron chi connectivity index (χ0n) is 11.6. The Hall–Kier alpha value is -1.56. The van der Waals surface area contributed by atoms with Crippen molar-refractivity contribution < 1.29 is 9.59 Å². The summed E-state index contributed by atoms with van der Waals surface area (Å²) in [6, 6.07) is 8.50. The van der Waals surface area contributed by atoms with Crippen molar-refractivity contribution in [3.05, 3.63) is 56.2 Å². The highest BCUT2D eigenvalue weighted by molar-refractivity contribution is 7.10. The predicted molar refractivity (Wildman–Crippen MR) is 89.8 cm³/mol. The maximum atomic E-state index is 11.9. The van der Waals surface area contributed by atoms with Gasteiger partial charge in [-0.2, -0.15) is 0 Å². The third-order valence-electron chi connectivity index (χ3n) is 2.83. The van der Waals surface area contributed by atoms with E-state index in [1.54, 1.807) is 23.5 Å². The lowest BCUT2D eigenvalue weighted by atomic mass is 10.2. The van der Waals surface area contributed by atoms with Gasteiger partial charge in [0.05, 0.1) is 16.5 Å². The molecule has 2 N–H and O–H groups in total. The van der Waals surface area contributed by atoms with E-state index in [4.69, 9.17) is 23.2 Å². The second kappa shape index (κ2) is 8.17. The van der Waals surface area contributed by atoms with Gasteiger partial charge < -0.3 is 10.6 Å². The fourth-order valence-electron chi connectivity index (χ4n) is 1.75. The highest BCUT2D eigenvalue weighted by atomic mass is 35.5. The van der Waals surface area contributed by atoms with Gasteiger partial charge in [0.2, 0.25) is 5.91 Å². The number of carbonyl (C=O) groups excluding carboxylic acids is 2. The normalized spacial score (nSPS) is 10.3. The number of rotatable bonds is 6. The van der Waals surface area contributed by atoms with E-state index in [0.29, 0.717) is 35.1 Å². The summed E-state index contributed by atoms with van der Waals surface area (Å²) in [6.07, 6.45) is 0.360. The van der Waals surface area contributed by atoms with Gasteiger partial charge in [-0.05, 0) is 29.6 Å². The molecule has 116 valence electrons. The molecule has 0 aliphatic heterocycles. The van der Waals surface area contributed by atoms with Crippen LogP contribution in [-0.2, 0) is 11.2 Å². The molecule has 1 aromatic carbocycles. The number of amides is 2. The molecule has 1 heterocycles. The zero-order valence-corrected chi connectivity index (χ0v) is 13.9. The Balaban J connectivity index is 1.70. The first-order valence-corrected chi connectivity index (χ1v) is 8.22. The third-order valence-corrected chi connectivity index (χ3v) is 4.44. The number of nitrogens with one attached hydrogen (secondary N) is 2. The fraction of sp³-hybridized carbons (Fsp3) is 0.200. The number of carbonyl (C=O) groups is 2. The minimum atomic E-state index is -0.258. The number of halogens is 2. The van der Waals surface area contributed by atoms with E-state index in [9.17, 15) is 9.59 Å². The van der Waals surface area contributed by atoms with Crippen LogP contribution < -0.4 is 10.6 Å². The van der Waals surface area contributed by atoms with E-state index in [0.717, 1.165) is 4.88 Å². The van der Waals surface area contributed by atoms with Crippen LogP contribution in [0.15, 0.2) is 35.7 Å². The minimum Gasteiger partial charge on any atom is -0.354 e. The van der Waals surface area contributed by atoms with Crippen LogP contribution in [0, 0.1) is 0 Å². The molecular weight excluding hydrogens is 343 g/mol. The average Bonchev–Trinajstić information content (AvgIpc) is 2.99. The molecule has 0 spiro atoms. The Morgan fingerprint density at radius 1 is 1.05 bits per heavy atom. The smallest absolute Gasteiger partial charge is 0.251 e. The molecule has 0 radical (unpaired) electrons. The summed E-state index contributed by atoms with van der Waals surface area (Å²) < 4.78 is 0. The topological polar surface area (TPSA) is 58.2 Å². The summed E-state index contributed by atoms with van der Waals surface area (Å²) in [5.41, 5.74) is 0.430. The van der Waals surface area contributed by atoms with Crippen molar-refractivity contribution in [1.82, 2.24) is 10.6 Å². The van der Waals surface area contributed by atoms with E-state index in [1.165, 1.54) is 6.07 Å². The van der Waals surface area contributed by atoms with Crippen molar-refractivity contribution >= 4 is 46.4 Å². The van der Waals surface area contributed by atoms with Gasteiger partial charge >= 0.3 is 0 Å². The second-order valence-corrected chi connectivity index (χ2v) is 6.34. The third kappa shape index (κ3) is 5.02. The molecule has 0 atom stereocenters. The quantitative estimate of drug-likeness (QED) is 0.781. The van der Waals surface area contributed by atoms with Crippen LogP contribution in [0.4, 0.5) is 0 Å². The fourth-order valence-corrected chi connectivity index (χ4v) is 2.75. The molecule has 0 saturated heterocycles. The predicted octanol–water partition coefficient (Wildman–Crippen LogP) is 3.14. The molecule has 0 aliphatic rings. The summed E-state index contributed by atoms with van der Waals surface area (Å²) in [6.45, 7) is 0.715. The van der Waals surface area contributed by atoms with Crippen LogP contribution in [0.1, 0.15) is 15.2 Å². The summed E-state index contributed by atoms with van der Waals surface area (Å²) in [7, 11) is 0. The summed E-state index contributed by atoms with van der Waals surface area (Å²) >= 11 is 13.2. The van der Waals surface area contributed by atoms with E-state index < -0.39 is 0 Å². The number of hydrogen-bond acceptors (Lipinski definition) is 3. The first-order chi connectivity index (χ1) is 10.6. The van der Waals surface area contributed by atoms with Gasteiger partial charge in [-0.25, -0.2) is 0 Å². The van der Waals surface area contributed by atoms with Gasteiger partial charge in [0, 0.05) is 23.5 Å². The maximum Gasteiger partial charge on any atom is 0.251 e. The highest BCUT2D eigenvalue weighted by Crippen LogP contribution is 2.22. The maximum absolute atomic E-state index is 11.9.